The van der Waals surface area contributed by atoms with Crippen molar-refractivity contribution in [2.45, 2.75) is 12.5 Å². The first-order valence-corrected chi connectivity index (χ1v) is 8.13. The minimum Gasteiger partial charge on any atom is -0.297 e. The van der Waals surface area contributed by atoms with E-state index in [4.69, 9.17) is 0 Å². The smallest absolute Gasteiger partial charge is 0.246 e. The highest BCUT2D eigenvalue weighted by atomic mass is 16.2. The lowest BCUT2D eigenvalue weighted by Gasteiger charge is -2.36. The van der Waals surface area contributed by atoms with E-state index < -0.39 is 0 Å². The molecule has 2 heterocycles. The van der Waals surface area contributed by atoms with E-state index in [1.165, 1.54) is 10.5 Å². The molecule has 0 unspecified atom stereocenters. The van der Waals surface area contributed by atoms with Gasteiger partial charge in [-0.15, -0.1) is 0 Å². The molecular formula is C18H23N3O2. The number of likely N-dealkylation sites (tertiary alicyclic amines) is 1. The molecule has 0 aromatic heterocycles. The van der Waals surface area contributed by atoms with Gasteiger partial charge in [-0.1, -0.05) is 42.5 Å². The van der Waals surface area contributed by atoms with Gasteiger partial charge in [-0.25, -0.2) is 0 Å². The van der Waals surface area contributed by atoms with E-state index in [-0.39, 0.29) is 17.9 Å². The number of imide groups is 1. The fraction of sp³-hybridized carbons (Fsp3) is 0.444. The fourth-order valence-corrected chi connectivity index (χ4v) is 3.18. The first-order chi connectivity index (χ1) is 11.1. The molecule has 5 heteroatoms. The third kappa shape index (κ3) is 3.68. The van der Waals surface area contributed by atoms with E-state index >= 15 is 0 Å². The molecule has 23 heavy (non-hydrogen) atoms. The molecule has 1 atom stereocenters. The Morgan fingerprint density at radius 3 is 2.39 bits per heavy atom. The van der Waals surface area contributed by atoms with Crippen LogP contribution in [-0.2, 0) is 9.59 Å². The number of carbonyl (C=O) groups is 2. The zero-order valence-electron chi connectivity index (χ0n) is 13.5. The predicted octanol–water partition coefficient (Wildman–Crippen LogP) is 1.07. The Morgan fingerprint density at radius 2 is 1.78 bits per heavy atom. The Bertz CT molecular complexity index is 592. The highest BCUT2D eigenvalue weighted by Crippen LogP contribution is 2.18. The minimum absolute atomic E-state index is 0.0487. The first-order valence-electron chi connectivity index (χ1n) is 8.13. The number of rotatable bonds is 4. The number of carbonyl (C=O) groups excluding carboxylic acids is 2. The molecule has 122 valence electrons. The van der Waals surface area contributed by atoms with E-state index in [0.717, 1.165) is 32.7 Å². The lowest BCUT2D eigenvalue weighted by molar-refractivity contribution is -0.138. The Morgan fingerprint density at radius 1 is 1.09 bits per heavy atom. The number of nitrogens with zero attached hydrogens (tertiary/aromatic N) is 3. The van der Waals surface area contributed by atoms with Crippen LogP contribution in [0.4, 0.5) is 0 Å². The van der Waals surface area contributed by atoms with Gasteiger partial charge in [-0.3, -0.25) is 24.3 Å². The molecule has 2 saturated heterocycles. The summed E-state index contributed by atoms with van der Waals surface area (Å²) in [6, 6.07) is 10.0. The van der Waals surface area contributed by atoms with Crippen molar-refractivity contribution in [1.82, 2.24) is 14.7 Å². The monoisotopic (exact) mass is 313 g/mol. The van der Waals surface area contributed by atoms with Crippen molar-refractivity contribution < 1.29 is 9.59 Å². The van der Waals surface area contributed by atoms with Gasteiger partial charge >= 0.3 is 0 Å². The SMILES string of the molecule is CN1C(=O)C[C@@H](N2CCN(C/C=C/c3ccccc3)CC2)C1=O. The number of amides is 2. The second-order valence-corrected chi connectivity index (χ2v) is 6.16. The van der Waals surface area contributed by atoms with Gasteiger partial charge in [-0.2, -0.15) is 0 Å². The summed E-state index contributed by atoms with van der Waals surface area (Å²) in [6.45, 7) is 4.47. The standard InChI is InChI=1S/C18H23N3O2/c1-19-17(22)14-16(18(19)23)21-12-10-20(11-13-21)9-5-8-15-6-3-2-4-7-15/h2-8,16H,9-14H2,1H3/b8-5+/t16-/m1/s1. The molecule has 0 radical (unpaired) electrons. The van der Waals surface area contributed by atoms with Crippen LogP contribution in [0.15, 0.2) is 36.4 Å². The van der Waals surface area contributed by atoms with Crippen LogP contribution in [0.1, 0.15) is 12.0 Å². The van der Waals surface area contributed by atoms with E-state index in [2.05, 4.69) is 34.1 Å². The van der Waals surface area contributed by atoms with Crippen LogP contribution in [0, 0.1) is 0 Å². The van der Waals surface area contributed by atoms with Crippen molar-refractivity contribution in [1.29, 1.82) is 0 Å². The van der Waals surface area contributed by atoms with Gasteiger partial charge in [-0.05, 0) is 5.56 Å². The first kappa shape index (κ1) is 15.9. The molecule has 0 bridgehead atoms. The topological polar surface area (TPSA) is 43.9 Å². The lowest BCUT2D eigenvalue weighted by Crippen LogP contribution is -2.52. The van der Waals surface area contributed by atoms with Crippen LogP contribution in [-0.4, -0.2) is 72.3 Å². The summed E-state index contributed by atoms with van der Waals surface area (Å²) in [4.78, 5) is 29.5. The van der Waals surface area contributed by atoms with Crippen molar-refractivity contribution in [3.05, 3.63) is 42.0 Å². The second kappa shape index (κ2) is 7.06. The van der Waals surface area contributed by atoms with Gasteiger partial charge in [0.1, 0.15) is 0 Å². The van der Waals surface area contributed by atoms with E-state index in [1.54, 1.807) is 7.05 Å². The largest absolute Gasteiger partial charge is 0.297 e. The van der Waals surface area contributed by atoms with E-state index in [1.807, 2.05) is 18.2 Å². The van der Waals surface area contributed by atoms with Gasteiger partial charge in [0.25, 0.3) is 0 Å². The third-order valence-corrected chi connectivity index (χ3v) is 4.68. The number of hydrogen-bond acceptors (Lipinski definition) is 4. The molecule has 1 aromatic carbocycles. The maximum Gasteiger partial charge on any atom is 0.246 e. The molecule has 0 aliphatic carbocycles. The Labute approximate surface area is 137 Å². The molecule has 2 aliphatic rings. The van der Waals surface area contributed by atoms with Crippen molar-refractivity contribution in [2.75, 3.05) is 39.8 Å². The summed E-state index contributed by atoms with van der Waals surface area (Å²) < 4.78 is 0. The van der Waals surface area contributed by atoms with Gasteiger partial charge in [0.05, 0.1) is 12.5 Å². The van der Waals surface area contributed by atoms with Crippen molar-refractivity contribution in [3.63, 3.8) is 0 Å². The zero-order chi connectivity index (χ0) is 16.2. The molecule has 0 N–H and O–H groups in total. The average molecular weight is 313 g/mol. The van der Waals surface area contributed by atoms with Gasteiger partial charge in [0, 0.05) is 39.8 Å². The average Bonchev–Trinajstić information content (AvgIpc) is 2.84. The molecule has 0 spiro atoms. The quantitative estimate of drug-likeness (QED) is 0.780. The minimum atomic E-state index is -0.241. The van der Waals surface area contributed by atoms with Crippen molar-refractivity contribution >= 4 is 17.9 Å². The maximum atomic E-state index is 12.1. The molecule has 2 aliphatic heterocycles. The Hall–Kier alpha value is -1.98. The summed E-state index contributed by atoms with van der Waals surface area (Å²) in [5.41, 5.74) is 1.21. The molecule has 0 saturated carbocycles. The van der Waals surface area contributed by atoms with Crippen LogP contribution in [0.25, 0.3) is 6.08 Å². The fourth-order valence-electron chi connectivity index (χ4n) is 3.18. The number of piperazine rings is 1. The lowest BCUT2D eigenvalue weighted by atomic mass is 10.1. The van der Waals surface area contributed by atoms with Gasteiger partial charge in [0.2, 0.25) is 11.8 Å². The molecular weight excluding hydrogens is 290 g/mol. The Balaban J connectivity index is 1.46. The van der Waals surface area contributed by atoms with Crippen LogP contribution < -0.4 is 0 Å². The summed E-state index contributed by atoms with van der Waals surface area (Å²) in [5.74, 6) is -0.111. The van der Waals surface area contributed by atoms with Crippen LogP contribution in [0.5, 0.6) is 0 Å². The molecule has 2 amide bonds. The second-order valence-electron chi connectivity index (χ2n) is 6.16. The summed E-state index contributed by atoms with van der Waals surface area (Å²) in [5, 5.41) is 0. The molecule has 5 nitrogen and oxygen atoms in total. The predicted molar refractivity (Wildman–Crippen MR) is 89.7 cm³/mol. The summed E-state index contributed by atoms with van der Waals surface area (Å²) in [6.07, 6.45) is 4.66. The number of benzene rings is 1. The normalized spacial score (nSPS) is 24.0. The Kier molecular flexibility index (Phi) is 4.88. The van der Waals surface area contributed by atoms with E-state index in [0.29, 0.717) is 6.42 Å². The van der Waals surface area contributed by atoms with Crippen molar-refractivity contribution in [2.24, 2.45) is 0 Å². The van der Waals surface area contributed by atoms with Crippen LogP contribution in [0.2, 0.25) is 0 Å². The zero-order valence-corrected chi connectivity index (χ0v) is 13.5. The number of hydrogen-bond donors (Lipinski definition) is 0. The molecule has 3 rings (SSSR count). The highest BCUT2D eigenvalue weighted by Gasteiger charge is 2.40. The van der Waals surface area contributed by atoms with Crippen molar-refractivity contribution in [3.8, 4) is 0 Å². The summed E-state index contributed by atoms with van der Waals surface area (Å²) >= 11 is 0. The van der Waals surface area contributed by atoms with E-state index in [9.17, 15) is 9.59 Å². The maximum absolute atomic E-state index is 12.1. The van der Waals surface area contributed by atoms with Gasteiger partial charge < -0.3 is 0 Å². The summed E-state index contributed by atoms with van der Waals surface area (Å²) in [7, 11) is 1.58. The van der Waals surface area contributed by atoms with Gasteiger partial charge in [0.15, 0.2) is 0 Å². The number of likely N-dealkylation sites (N-methyl/N-ethyl adjacent to an activating group) is 1. The van der Waals surface area contributed by atoms with Crippen LogP contribution in [0.3, 0.4) is 0 Å². The molecule has 1 aromatic rings. The third-order valence-electron chi connectivity index (χ3n) is 4.68. The highest BCUT2D eigenvalue weighted by molar-refractivity contribution is 6.05. The molecule has 2 fully saturated rings. The van der Waals surface area contributed by atoms with Crippen LogP contribution >= 0.6 is 0 Å².